The number of aromatic nitrogens is 2. The fraction of sp³-hybridized carbons (Fsp3) is 0.476. The second kappa shape index (κ2) is 9.09. The van der Waals surface area contributed by atoms with Crippen LogP contribution >= 0.6 is 35.0 Å². The number of nitriles is 1. The van der Waals surface area contributed by atoms with Crippen molar-refractivity contribution < 1.29 is 0 Å². The number of nitrogens with two attached hydrogens (primary N) is 1. The van der Waals surface area contributed by atoms with Crippen molar-refractivity contribution in [3.05, 3.63) is 40.1 Å². The molecule has 4 rings (SSSR count). The van der Waals surface area contributed by atoms with Crippen molar-refractivity contribution >= 4 is 40.8 Å². The molecule has 154 valence electrons. The number of nitrogens with zero attached hydrogens (tertiary/aromatic N) is 4. The van der Waals surface area contributed by atoms with Crippen molar-refractivity contribution in [2.24, 2.45) is 11.1 Å². The van der Waals surface area contributed by atoms with Gasteiger partial charge in [-0.15, -0.1) is 0 Å². The first-order valence-corrected chi connectivity index (χ1v) is 11.0. The Kier molecular flexibility index (Phi) is 6.95. The zero-order valence-electron chi connectivity index (χ0n) is 15.4. The second-order valence-corrected chi connectivity index (χ2v) is 9.31. The van der Waals surface area contributed by atoms with Crippen molar-refractivity contribution in [3.8, 4) is 6.07 Å². The largest absolute Gasteiger partial charge is 0.355 e. The van der Waals surface area contributed by atoms with E-state index < -0.39 is 0 Å². The third-order valence-electron chi connectivity index (χ3n) is 6.01. The summed E-state index contributed by atoms with van der Waals surface area (Å²) in [7, 11) is 0. The van der Waals surface area contributed by atoms with Crippen molar-refractivity contribution in [1.82, 2.24) is 9.97 Å². The van der Waals surface area contributed by atoms with Crippen LogP contribution in [-0.4, -0.2) is 29.1 Å². The summed E-state index contributed by atoms with van der Waals surface area (Å²) in [6.07, 6.45) is 7.49. The van der Waals surface area contributed by atoms with E-state index in [9.17, 15) is 5.26 Å². The number of piperidine rings is 1. The number of hydrogen-bond donors (Lipinski definition) is 1. The maximum atomic E-state index is 9.59. The standard InChI is InChI=1S/C20H21Cl2N5S.CH4/c21-13-3-1-4-15(18(13)22)28-19-14(11-23)26-17(12-25-19)27-9-7-20(8-10-27)6-2-5-16(20)24;/h1,3-4,12,16H,2,5-10,24H2;1H4/t16-;/m1./s1. The number of anilines is 1. The van der Waals surface area contributed by atoms with E-state index in [1.807, 2.05) is 12.1 Å². The van der Waals surface area contributed by atoms with E-state index >= 15 is 0 Å². The Morgan fingerprint density at radius 3 is 2.66 bits per heavy atom. The molecule has 1 aromatic heterocycles. The summed E-state index contributed by atoms with van der Waals surface area (Å²) in [5, 5.41) is 11.0. The number of hydrogen-bond acceptors (Lipinski definition) is 6. The van der Waals surface area contributed by atoms with E-state index in [0.29, 0.717) is 32.2 Å². The lowest BCUT2D eigenvalue weighted by molar-refractivity contribution is 0.197. The molecule has 0 radical (unpaired) electrons. The Balaban J connectivity index is 0.00000240. The molecule has 2 heterocycles. The molecule has 2 aliphatic rings. The Morgan fingerprint density at radius 1 is 1.24 bits per heavy atom. The molecule has 2 aromatic rings. The van der Waals surface area contributed by atoms with Crippen molar-refractivity contribution in [2.75, 3.05) is 18.0 Å². The fourth-order valence-electron chi connectivity index (χ4n) is 4.30. The number of rotatable bonds is 3. The molecule has 1 aliphatic heterocycles. The van der Waals surface area contributed by atoms with Gasteiger partial charge >= 0.3 is 0 Å². The van der Waals surface area contributed by atoms with Gasteiger partial charge in [-0.2, -0.15) is 5.26 Å². The lowest BCUT2D eigenvalue weighted by atomic mass is 9.74. The third kappa shape index (κ3) is 4.34. The van der Waals surface area contributed by atoms with E-state index in [4.69, 9.17) is 28.9 Å². The summed E-state index contributed by atoms with van der Waals surface area (Å²) in [6, 6.07) is 7.89. The predicted molar refractivity (Wildman–Crippen MR) is 120 cm³/mol. The highest BCUT2D eigenvalue weighted by molar-refractivity contribution is 7.99. The molecule has 1 saturated heterocycles. The molecule has 1 aromatic carbocycles. The van der Waals surface area contributed by atoms with E-state index in [1.54, 1.807) is 12.3 Å². The highest BCUT2D eigenvalue weighted by Gasteiger charge is 2.43. The number of halogens is 2. The lowest BCUT2D eigenvalue weighted by Gasteiger charge is -2.42. The van der Waals surface area contributed by atoms with Crippen LogP contribution in [-0.2, 0) is 0 Å². The normalized spacial score (nSPS) is 20.3. The van der Waals surface area contributed by atoms with Crippen LogP contribution in [0, 0.1) is 16.7 Å². The molecule has 1 aliphatic carbocycles. The highest BCUT2D eigenvalue weighted by atomic mass is 35.5. The van der Waals surface area contributed by atoms with Gasteiger partial charge < -0.3 is 10.6 Å². The van der Waals surface area contributed by atoms with E-state index in [-0.39, 0.29) is 7.43 Å². The Hall–Kier alpha value is -1.52. The average molecular weight is 450 g/mol. The smallest absolute Gasteiger partial charge is 0.175 e. The Morgan fingerprint density at radius 2 is 2.00 bits per heavy atom. The van der Waals surface area contributed by atoms with Gasteiger partial charge in [0.1, 0.15) is 16.9 Å². The van der Waals surface area contributed by atoms with Gasteiger partial charge in [-0.1, -0.05) is 54.9 Å². The topological polar surface area (TPSA) is 78.8 Å². The predicted octanol–water partition coefficient (Wildman–Crippen LogP) is 5.54. The molecule has 1 atom stereocenters. The summed E-state index contributed by atoms with van der Waals surface area (Å²) in [5.41, 5.74) is 6.97. The second-order valence-electron chi connectivity index (χ2n) is 7.50. The summed E-state index contributed by atoms with van der Waals surface area (Å²) in [4.78, 5) is 12.0. The molecule has 1 spiro atoms. The third-order valence-corrected chi connectivity index (χ3v) is 8.00. The van der Waals surface area contributed by atoms with Crippen LogP contribution in [0.25, 0.3) is 0 Å². The van der Waals surface area contributed by atoms with Gasteiger partial charge in [0.15, 0.2) is 5.69 Å². The zero-order chi connectivity index (χ0) is 19.7. The van der Waals surface area contributed by atoms with Crippen LogP contribution in [0.1, 0.15) is 45.2 Å². The minimum atomic E-state index is 0. The van der Waals surface area contributed by atoms with Gasteiger partial charge in [-0.25, -0.2) is 9.97 Å². The fourth-order valence-corrected chi connectivity index (χ4v) is 5.62. The van der Waals surface area contributed by atoms with Crippen LogP contribution in [0.2, 0.25) is 10.0 Å². The van der Waals surface area contributed by atoms with Crippen LogP contribution in [0.5, 0.6) is 0 Å². The van der Waals surface area contributed by atoms with Crippen molar-refractivity contribution in [1.29, 1.82) is 5.26 Å². The first-order chi connectivity index (χ1) is 13.5. The molecule has 0 bridgehead atoms. The molecule has 8 heteroatoms. The monoisotopic (exact) mass is 449 g/mol. The SMILES string of the molecule is C.N#Cc1nc(N2CCC3(CCC[C@H]3N)CC2)cnc1Sc1cccc(Cl)c1Cl. The van der Waals surface area contributed by atoms with E-state index in [2.05, 4.69) is 20.9 Å². The molecule has 1 saturated carbocycles. The minimum Gasteiger partial charge on any atom is -0.355 e. The van der Waals surface area contributed by atoms with Crippen LogP contribution < -0.4 is 10.6 Å². The Bertz CT molecular complexity index is 922. The average Bonchev–Trinajstić information content (AvgIpc) is 3.06. The molecule has 0 unspecified atom stereocenters. The quantitative estimate of drug-likeness (QED) is 0.662. The summed E-state index contributed by atoms with van der Waals surface area (Å²) in [6.45, 7) is 1.81. The maximum Gasteiger partial charge on any atom is 0.175 e. The van der Waals surface area contributed by atoms with E-state index in [1.165, 1.54) is 24.6 Å². The number of benzene rings is 1. The molecule has 29 heavy (non-hydrogen) atoms. The Labute approximate surface area is 186 Å². The van der Waals surface area contributed by atoms with Crippen LogP contribution in [0.15, 0.2) is 34.3 Å². The van der Waals surface area contributed by atoms with Gasteiger partial charge in [-0.05, 0) is 43.2 Å². The highest BCUT2D eigenvalue weighted by Crippen LogP contribution is 2.46. The summed E-state index contributed by atoms with van der Waals surface area (Å²) < 4.78 is 0. The lowest BCUT2D eigenvalue weighted by Crippen LogP contribution is -2.47. The summed E-state index contributed by atoms with van der Waals surface area (Å²) in [5.74, 6) is 0.750. The molecule has 2 fully saturated rings. The van der Waals surface area contributed by atoms with E-state index in [0.717, 1.165) is 43.1 Å². The molecular weight excluding hydrogens is 425 g/mol. The first-order valence-electron chi connectivity index (χ1n) is 9.42. The maximum absolute atomic E-state index is 9.59. The molecular formula is C21H25Cl2N5S. The van der Waals surface area contributed by atoms with Gasteiger partial charge in [0, 0.05) is 24.0 Å². The van der Waals surface area contributed by atoms with Gasteiger partial charge in [0.2, 0.25) is 0 Å². The molecule has 2 N–H and O–H groups in total. The summed E-state index contributed by atoms with van der Waals surface area (Å²) >= 11 is 13.6. The van der Waals surface area contributed by atoms with Gasteiger partial charge in [0.05, 0.1) is 16.2 Å². The molecule has 5 nitrogen and oxygen atoms in total. The van der Waals surface area contributed by atoms with Gasteiger partial charge in [-0.3, -0.25) is 0 Å². The zero-order valence-corrected chi connectivity index (χ0v) is 17.7. The van der Waals surface area contributed by atoms with Gasteiger partial charge in [0.25, 0.3) is 0 Å². The van der Waals surface area contributed by atoms with Crippen LogP contribution in [0.3, 0.4) is 0 Å². The van der Waals surface area contributed by atoms with Crippen molar-refractivity contribution in [3.63, 3.8) is 0 Å². The van der Waals surface area contributed by atoms with Crippen LogP contribution in [0.4, 0.5) is 5.82 Å². The van der Waals surface area contributed by atoms with Crippen molar-refractivity contribution in [2.45, 2.75) is 55.5 Å². The first kappa shape index (κ1) is 22.2. The molecule has 0 amide bonds. The minimum absolute atomic E-state index is 0.